The molecule has 0 bridgehead atoms. The second kappa shape index (κ2) is 3.29. The number of hydrogen-bond donors (Lipinski definition) is 1. The molecule has 0 spiro atoms. The van der Waals surface area contributed by atoms with Crippen molar-refractivity contribution in [3.63, 3.8) is 0 Å². The Morgan fingerprint density at radius 1 is 0.875 bits per heavy atom. The van der Waals surface area contributed by atoms with Gasteiger partial charge in [0.15, 0.2) is 5.78 Å². The molecule has 0 fully saturated rings. The van der Waals surface area contributed by atoms with Gasteiger partial charge in [0.25, 0.3) is 0 Å². The molecule has 2 aromatic rings. The van der Waals surface area contributed by atoms with Crippen molar-refractivity contribution < 1.29 is 4.79 Å². The molecule has 0 saturated carbocycles. The standard InChI is InChI=1S/C14H11NO/c15-8-9-5-6-11-10-3-1-2-4-12(10)14(16)13(11)7-9/h1-7H,8,15H2. The first-order valence-electron chi connectivity index (χ1n) is 5.28. The van der Waals surface area contributed by atoms with Crippen LogP contribution in [0.25, 0.3) is 11.1 Å². The van der Waals surface area contributed by atoms with Crippen molar-refractivity contribution in [2.75, 3.05) is 0 Å². The Morgan fingerprint density at radius 3 is 2.31 bits per heavy atom. The van der Waals surface area contributed by atoms with Crippen LogP contribution in [0.1, 0.15) is 21.5 Å². The Morgan fingerprint density at radius 2 is 1.56 bits per heavy atom. The van der Waals surface area contributed by atoms with Crippen LogP contribution in [0.3, 0.4) is 0 Å². The highest BCUT2D eigenvalue weighted by molar-refractivity contribution is 6.21. The average molecular weight is 209 g/mol. The number of fused-ring (bicyclic) bond motifs is 3. The number of benzene rings is 2. The van der Waals surface area contributed by atoms with Crippen LogP contribution in [0.5, 0.6) is 0 Å². The van der Waals surface area contributed by atoms with E-state index in [4.69, 9.17) is 5.73 Å². The number of ketones is 1. The van der Waals surface area contributed by atoms with E-state index in [0.29, 0.717) is 6.54 Å². The first-order chi connectivity index (χ1) is 7.81. The van der Waals surface area contributed by atoms with Gasteiger partial charge in [-0.3, -0.25) is 4.79 Å². The van der Waals surface area contributed by atoms with Crippen molar-refractivity contribution in [1.29, 1.82) is 0 Å². The molecular weight excluding hydrogens is 198 g/mol. The molecular formula is C14H11NO. The quantitative estimate of drug-likeness (QED) is 0.668. The Kier molecular flexibility index (Phi) is 1.91. The van der Waals surface area contributed by atoms with Crippen molar-refractivity contribution in [1.82, 2.24) is 0 Å². The molecule has 0 aromatic heterocycles. The Bertz CT molecular complexity index is 587. The molecule has 0 atom stereocenters. The number of carbonyl (C=O) groups is 1. The van der Waals surface area contributed by atoms with Crippen LogP contribution in [-0.4, -0.2) is 5.78 Å². The van der Waals surface area contributed by atoms with Crippen molar-refractivity contribution in [3.8, 4) is 11.1 Å². The van der Waals surface area contributed by atoms with Gasteiger partial charge in [-0.05, 0) is 22.8 Å². The molecule has 2 heteroatoms. The summed E-state index contributed by atoms with van der Waals surface area (Å²) >= 11 is 0. The third-order valence-corrected chi connectivity index (χ3v) is 3.03. The van der Waals surface area contributed by atoms with E-state index in [9.17, 15) is 4.79 Å². The Balaban J connectivity index is 2.29. The molecule has 78 valence electrons. The van der Waals surface area contributed by atoms with Gasteiger partial charge in [0.2, 0.25) is 0 Å². The molecule has 16 heavy (non-hydrogen) atoms. The second-order valence-corrected chi connectivity index (χ2v) is 3.96. The lowest BCUT2D eigenvalue weighted by Gasteiger charge is -2.01. The van der Waals surface area contributed by atoms with Crippen molar-refractivity contribution in [2.45, 2.75) is 6.54 Å². The largest absolute Gasteiger partial charge is 0.326 e. The summed E-state index contributed by atoms with van der Waals surface area (Å²) in [6.07, 6.45) is 0. The highest BCUT2D eigenvalue weighted by atomic mass is 16.1. The Labute approximate surface area is 93.7 Å². The average Bonchev–Trinajstić information content (AvgIpc) is 2.64. The molecule has 0 aliphatic heterocycles. The predicted molar refractivity (Wildman–Crippen MR) is 63.2 cm³/mol. The second-order valence-electron chi connectivity index (χ2n) is 3.96. The van der Waals surface area contributed by atoms with Crippen LogP contribution >= 0.6 is 0 Å². The summed E-state index contributed by atoms with van der Waals surface area (Å²) in [6, 6.07) is 13.6. The summed E-state index contributed by atoms with van der Waals surface area (Å²) in [5, 5.41) is 0. The van der Waals surface area contributed by atoms with Crippen LogP contribution < -0.4 is 5.73 Å². The summed E-state index contributed by atoms with van der Waals surface area (Å²) in [7, 11) is 0. The molecule has 2 nitrogen and oxygen atoms in total. The van der Waals surface area contributed by atoms with Gasteiger partial charge >= 0.3 is 0 Å². The first kappa shape index (κ1) is 9.31. The topological polar surface area (TPSA) is 43.1 Å². The van der Waals surface area contributed by atoms with Gasteiger partial charge in [0.1, 0.15) is 0 Å². The van der Waals surface area contributed by atoms with E-state index in [1.165, 1.54) is 0 Å². The number of nitrogens with two attached hydrogens (primary N) is 1. The lowest BCUT2D eigenvalue weighted by Crippen LogP contribution is -1.99. The third-order valence-electron chi connectivity index (χ3n) is 3.03. The van der Waals surface area contributed by atoms with Crippen molar-refractivity contribution >= 4 is 5.78 Å². The van der Waals surface area contributed by atoms with Crippen molar-refractivity contribution in [2.24, 2.45) is 5.73 Å². The zero-order valence-corrected chi connectivity index (χ0v) is 8.73. The van der Waals surface area contributed by atoms with Crippen LogP contribution in [-0.2, 0) is 6.54 Å². The zero-order chi connectivity index (χ0) is 11.1. The number of rotatable bonds is 1. The summed E-state index contributed by atoms with van der Waals surface area (Å²) in [5.41, 5.74) is 10.2. The van der Waals surface area contributed by atoms with Gasteiger partial charge in [0, 0.05) is 17.7 Å². The fourth-order valence-corrected chi connectivity index (χ4v) is 2.20. The normalized spacial score (nSPS) is 12.4. The van der Waals surface area contributed by atoms with E-state index < -0.39 is 0 Å². The maximum absolute atomic E-state index is 12.1. The van der Waals surface area contributed by atoms with Crippen LogP contribution in [0.15, 0.2) is 42.5 Å². The lowest BCUT2D eigenvalue weighted by atomic mass is 10.0. The zero-order valence-electron chi connectivity index (χ0n) is 8.73. The maximum atomic E-state index is 12.1. The van der Waals surface area contributed by atoms with E-state index in [1.807, 2.05) is 42.5 Å². The minimum atomic E-state index is 0.112. The molecule has 0 unspecified atom stereocenters. The summed E-state index contributed by atoms with van der Waals surface area (Å²) in [5.74, 6) is 0.112. The highest BCUT2D eigenvalue weighted by Crippen LogP contribution is 2.36. The van der Waals surface area contributed by atoms with Gasteiger partial charge in [-0.1, -0.05) is 36.4 Å². The van der Waals surface area contributed by atoms with Crippen LogP contribution in [0.2, 0.25) is 0 Å². The monoisotopic (exact) mass is 209 g/mol. The predicted octanol–water partition coefficient (Wildman–Crippen LogP) is 2.36. The summed E-state index contributed by atoms with van der Waals surface area (Å²) in [4.78, 5) is 12.1. The molecule has 0 heterocycles. The molecule has 1 aliphatic carbocycles. The Hall–Kier alpha value is -1.93. The van der Waals surface area contributed by atoms with Crippen molar-refractivity contribution in [3.05, 3.63) is 59.2 Å². The first-order valence-corrected chi connectivity index (χ1v) is 5.28. The van der Waals surface area contributed by atoms with E-state index in [0.717, 1.165) is 27.8 Å². The van der Waals surface area contributed by atoms with Gasteiger partial charge in [-0.25, -0.2) is 0 Å². The van der Waals surface area contributed by atoms with E-state index in [2.05, 4.69) is 0 Å². The fourth-order valence-electron chi connectivity index (χ4n) is 2.20. The SMILES string of the molecule is NCc1ccc2c(c1)C(=O)c1ccccc1-2. The smallest absolute Gasteiger partial charge is 0.194 e. The highest BCUT2D eigenvalue weighted by Gasteiger charge is 2.25. The van der Waals surface area contributed by atoms with Gasteiger partial charge < -0.3 is 5.73 Å². The number of carbonyl (C=O) groups excluding carboxylic acids is 1. The maximum Gasteiger partial charge on any atom is 0.194 e. The van der Waals surface area contributed by atoms with Crippen LogP contribution in [0, 0.1) is 0 Å². The number of hydrogen-bond acceptors (Lipinski definition) is 2. The van der Waals surface area contributed by atoms with Crippen LogP contribution in [0.4, 0.5) is 0 Å². The molecule has 2 N–H and O–H groups in total. The molecule has 3 rings (SSSR count). The summed E-state index contributed by atoms with van der Waals surface area (Å²) in [6.45, 7) is 0.469. The third kappa shape index (κ3) is 1.14. The van der Waals surface area contributed by atoms with E-state index >= 15 is 0 Å². The molecule has 1 aliphatic rings. The molecule has 0 amide bonds. The van der Waals surface area contributed by atoms with E-state index in [-0.39, 0.29) is 5.78 Å². The molecule has 2 aromatic carbocycles. The summed E-state index contributed by atoms with van der Waals surface area (Å²) < 4.78 is 0. The molecule has 0 saturated heterocycles. The van der Waals surface area contributed by atoms with Gasteiger partial charge in [-0.15, -0.1) is 0 Å². The lowest BCUT2D eigenvalue weighted by molar-refractivity contribution is 0.104. The van der Waals surface area contributed by atoms with Gasteiger partial charge in [0.05, 0.1) is 0 Å². The van der Waals surface area contributed by atoms with E-state index in [1.54, 1.807) is 0 Å². The van der Waals surface area contributed by atoms with Gasteiger partial charge in [-0.2, -0.15) is 0 Å². The minimum absolute atomic E-state index is 0.112. The molecule has 0 radical (unpaired) electrons. The minimum Gasteiger partial charge on any atom is -0.326 e. The fraction of sp³-hybridized carbons (Fsp3) is 0.0714.